The number of methoxy groups -OCH3 is 1. The average Bonchev–Trinajstić information content (AvgIpc) is 3.24. The number of furan rings is 1. The number of esters is 1. The molecule has 0 fully saturated rings. The molecule has 7 nitrogen and oxygen atoms in total. The highest BCUT2D eigenvalue weighted by atomic mass is 16.5. The first-order chi connectivity index (χ1) is 11.7. The Bertz CT molecular complexity index is 823. The smallest absolute Gasteiger partial charge is 0.310 e. The molecule has 24 heavy (non-hydrogen) atoms. The zero-order valence-corrected chi connectivity index (χ0v) is 13.3. The molecule has 3 aromatic rings. The third-order valence-corrected chi connectivity index (χ3v) is 3.33. The molecule has 1 aromatic carbocycles. The van der Waals surface area contributed by atoms with Crippen molar-refractivity contribution in [2.24, 2.45) is 0 Å². The highest BCUT2D eigenvalue weighted by Crippen LogP contribution is 2.21. The van der Waals surface area contributed by atoms with Gasteiger partial charge in [-0.1, -0.05) is 17.7 Å². The van der Waals surface area contributed by atoms with Gasteiger partial charge in [-0.25, -0.2) is 0 Å². The van der Waals surface area contributed by atoms with Crippen molar-refractivity contribution in [1.29, 1.82) is 0 Å². The Labute approximate surface area is 138 Å². The molecule has 0 saturated carbocycles. The molecule has 0 aliphatic heterocycles. The van der Waals surface area contributed by atoms with Gasteiger partial charge in [0.1, 0.15) is 5.75 Å². The summed E-state index contributed by atoms with van der Waals surface area (Å²) in [4.78, 5) is 12.0. The third kappa shape index (κ3) is 3.62. The van der Waals surface area contributed by atoms with Crippen LogP contribution in [-0.4, -0.2) is 23.3 Å². The molecule has 0 amide bonds. The summed E-state index contributed by atoms with van der Waals surface area (Å²) < 4.78 is 21.0. The van der Waals surface area contributed by atoms with E-state index in [1.807, 2.05) is 25.1 Å². The van der Waals surface area contributed by atoms with Crippen molar-refractivity contribution in [1.82, 2.24) is 10.2 Å². The van der Waals surface area contributed by atoms with Gasteiger partial charge in [0.15, 0.2) is 12.4 Å². The first-order valence-electron chi connectivity index (χ1n) is 7.31. The van der Waals surface area contributed by atoms with E-state index in [0.717, 1.165) is 11.1 Å². The van der Waals surface area contributed by atoms with E-state index in [1.54, 1.807) is 19.2 Å². The van der Waals surface area contributed by atoms with Crippen molar-refractivity contribution in [3.8, 4) is 17.4 Å². The molecule has 3 rings (SSSR count). The number of benzene rings is 1. The van der Waals surface area contributed by atoms with Gasteiger partial charge in [0.2, 0.25) is 0 Å². The van der Waals surface area contributed by atoms with Crippen molar-refractivity contribution < 1.29 is 23.1 Å². The number of rotatable bonds is 6. The minimum atomic E-state index is -0.406. The van der Waals surface area contributed by atoms with E-state index in [-0.39, 0.29) is 24.8 Å². The Morgan fingerprint density at radius 1 is 1.25 bits per heavy atom. The molecule has 2 heterocycles. The van der Waals surface area contributed by atoms with Gasteiger partial charge in [0, 0.05) is 5.56 Å². The number of aromatic nitrogens is 2. The molecule has 0 saturated heterocycles. The van der Waals surface area contributed by atoms with E-state index in [9.17, 15) is 4.79 Å². The number of ether oxygens (including phenoxy) is 2. The van der Waals surface area contributed by atoms with Crippen molar-refractivity contribution in [3.63, 3.8) is 0 Å². The molecule has 0 atom stereocenters. The Morgan fingerprint density at radius 2 is 2.12 bits per heavy atom. The summed E-state index contributed by atoms with van der Waals surface area (Å²) in [5.74, 6) is 1.15. The van der Waals surface area contributed by atoms with Crippen LogP contribution >= 0.6 is 0 Å². The number of hydrogen-bond donors (Lipinski definition) is 0. The molecule has 0 radical (unpaired) electrons. The number of hydrogen-bond acceptors (Lipinski definition) is 7. The minimum absolute atomic E-state index is 0.0966. The maximum absolute atomic E-state index is 12.0. The van der Waals surface area contributed by atoms with Crippen molar-refractivity contribution >= 4 is 5.97 Å². The quantitative estimate of drug-likeness (QED) is 0.643. The summed E-state index contributed by atoms with van der Waals surface area (Å²) in [5.41, 5.74) is 1.81. The molecule has 0 aliphatic carbocycles. The monoisotopic (exact) mass is 328 g/mol. The first kappa shape index (κ1) is 15.8. The zero-order valence-electron chi connectivity index (χ0n) is 13.3. The Hall–Kier alpha value is -3.09. The fourth-order valence-electron chi connectivity index (χ4n) is 2.21. The maximum atomic E-state index is 12.0. The zero-order chi connectivity index (χ0) is 16.9. The molecule has 2 aromatic heterocycles. The lowest BCUT2D eigenvalue weighted by atomic mass is 10.1. The number of nitrogens with zero attached hydrogens (tertiary/aromatic N) is 2. The molecule has 0 unspecified atom stereocenters. The minimum Gasteiger partial charge on any atom is -0.496 e. The summed E-state index contributed by atoms with van der Waals surface area (Å²) in [6.07, 6.45) is 1.61. The fourth-order valence-corrected chi connectivity index (χ4v) is 2.21. The average molecular weight is 328 g/mol. The SMILES string of the molecule is COc1ccc(C)cc1CC(=O)OCc1nnc(-c2ccco2)o1. The molecule has 0 N–H and O–H groups in total. The van der Waals surface area contributed by atoms with Gasteiger partial charge in [-0.15, -0.1) is 10.2 Å². The van der Waals surface area contributed by atoms with Gasteiger partial charge in [-0.2, -0.15) is 0 Å². The molecule has 124 valence electrons. The molecule has 0 spiro atoms. The maximum Gasteiger partial charge on any atom is 0.310 e. The molecular weight excluding hydrogens is 312 g/mol. The topological polar surface area (TPSA) is 87.6 Å². The second-order valence-corrected chi connectivity index (χ2v) is 5.13. The summed E-state index contributed by atoms with van der Waals surface area (Å²) >= 11 is 0. The van der Waals surface area contributed by atoms with E-state index >= 15 is 0 Å². The summed E-state index contributed by atoms with van der Waals surface area (Å²) in [6.45, 7) is 1.85. The Kier molecular flexibility index (Phi) is 4.60. The number of carbonyl (C=O) groups is 1. The Morgan fingerprint density at radius 3 is 2.88 bits per heavy atom. The van der Waals surface area contributed by atoms with E-state index in [1.165, 1.54) is 6.26 Å². The van der Waals surface area contributed by atoms with Crippen LogP contribution in [0, 0.1) is 6.92 Å². The number of carbonyl (C=O) groups excluding carboxylic acids is 1. The second kappa shape index (κ2) is 6.99. The van der Waals surface area contributed by atoms with Gasteiger partial charge >= 0.3 is 5.97 Å². The van der Waals surface area contributed by atoms with Crippen molar-refractivity contribution in [3.05, 3.63) is 53.6 Å². The Balaban J connectivity index is 1.59. The van der Waals surface area contributed by atoms with Crippen LogP contribution in [0.5, 0.6) is 5.75 Å². The van der Waals surface area contributed by atoms with Gasteiger partial charge in [0.05, 0.1) is 19.8 Å². The predicted octanol–water partition coefficient (Wildman–Crippen LogP) is 2.93. The van der Waals surface area contributed by atoms with E-state index in [0.29, 0.717) is 11.5 Å². The van der Waals surface area contributed by atoms with Gasteiger partial charge in [-0.05, 0) is 25.1 Å². The molecule has 0 aliphatic rings. The summed E-state index contributed by atoms with van der Waals surface area (Å²) in [7, 11) is 1.56. The normalized spacial score (nSPS) is 10.6. The first-order valence-corrected chi connectivity index (χ1v) is 7.31. The standard InChI is InChI=1S/C17H16N2O5/c1-11-5-6-13(21-2)12(8-11)9-16(20)23-10-15-18-19-17(24-15)14-4-3-7-22-14/h3-8H,9-10H2,1-2H3. The van der Waals surface area contributed by atoms with Crippen LogP contribution in [0.2, 0.25) is 0 Å². The largest absolute Gasteiger partial charge is 0.496 e. The molecular formula is C17H16N2O5. The summed E-state index contributed by atoms with van der Waals surface area (Å²) in [6, 6.07) is 9.05. The number of aryl methyl sites for hydroxylation is 1. The lowest BCUT2D eigenvalue weighted by Gasteiger charge is -2.09. The second-order valence-electron chi connectivity index (χ2n) is 5.13. The highest BCUT2D eigenvalue weighted by Gasteiger charge is 2.14. The van der Waals surface area contributed by atoms with Gasteiger partial charge < -0.3 is 18.3 Å². The van der Waals surface area contributed by atoms with Crippen LogP contribution in [-0.2, 0) is 22.6 Å². The lowest BCUT2D eigenvalue weighted by molar-refractivity contribution is -0.144. The van der Waals surface area contributed by atoms with Crippen LogP contribution in [0.3, 0.4) is 0 Å². The van der Waals surface area contributed by atoms with Crippen molar-refractivity contribution in [2.45, 2.75) is 20.0 Å². The molecule has 0 bridgehead atoms. The van der Waals surface area contributed by atoms with Gasteiger partial charge in [-0.3, -0.25) is 4.79 Å². The van der Waals surface area contributed by atoms with Crippen molar-refractivity contribution in [2.75, 3.05) is 7.11 Å². The van der Waals surface area contributed by atoms with Crippen LogP contribution in [0.15, 0.2) is 45.4 Å². The van der Waals surface area contributed by atoms with E-state index in [4.69, 9.17) is 18.3 Å². The van der Waals surface area contributed by atoms with Crippen LogP contribution < -0.4 is 4.74 Å². The van der Waals surface area contributed by atoms with Crippen LogP contribution in [0.4, 0.5) is 0 Å². The van der Waals surface area contributed by atoms with Gasteiger partial charge in [0.25, 0.3) is 11.8 Å². The fraction of sp³-hybridized carbons (Fsp3) is 0.235. The van der Waals surface area contributed by atoms with Crippen LogP contribution in [0.25, 0.3) is 11.7 Å². The summed E-state index contributed by atoms with van der Waals surface area (Å²) in [5, 5.41) is 7.66. The lowest BCUT2D eigenvalue weighted by Crippen LogP contribution is -2.09. The van der Waals surface area contributed by atoms with E-state index in [2.05, 4.69) is 10.2 Å². The highest BCUT2D eigenvalue weighted by molar-refractivity contribution is 5.73. The van der Waals surface area contributed by atoms with Crippen LogP contribution in [0.1, 0.15) is 17.0 Å². The van der Waals surface area contributed by atoms with E-state index < -0.39 is 5.97 Å². The molecule has 7 heteroatoms. The third-order valence-electron chi connectivity index (χ3n) is 3.33. The predicted molar refractivity (Wildman–Crippen MR) is 83.2 cm³/mol.